The van der Waals surface area contributed by atoms with Crippen LogP contribution in [0.1, 0.15) is 37.6 Å². The molecule has 0 aliphatic rings. The molecule has 0 aromatic carbocycles. The van der Waals surface area contributed by atoms with Crippen LogP contribution in [0.3, 0.4) is 0 Å². The van der Waals surface area contributed by atoms with Gasteiger partial charge < -0.3 is 15.7 Å². The molecule has 0 spiro atoms. The van der Waals surface area contributed by atoms with Crippen molar-refractivity contribution >= 4 is 11.6 Å². The van der Waals surface area contributed by atoms with E-state index in [1.807, 2.05) is 32.7 Å². The SMILES string of the molecule is Cc1c(N)nc(C(C)C)nc1N(C)CCCO. The highest BCUT2D eigenvalue weighted by Crippen LogP contribution is 2.23. The minimum Gasteiger partial charge on any atom is -0.396 e. The van der Waals surface area contributed by atoms with Crippen LogP contribution in [0.4, 0.5) is 11.6 Å². The number of aliphatic hydroxyl groups is 1. The summed E-state index contributed by atoms with van der Waals surface area (Å²) in [4.78, 5) is 10.8. The molecule has 5 nitrogen and oxygen atoms in total. The van der Waals surface area contributed by atoms with Crippen molar-refractivity contribution in [3.63, 3.8) is 0 Å². The summed E-state index contributed by atoms with van der Waals surface area (Å²) < 4.78 is 0. The Morgan fingerprint density at radius 1 is 1.35 bits per heavy atom. The summed E-state index contributed by atoms with van der Waals surface area (Å²) in [5, 5.41) is 8.84. The molecule has 0 fully saturated rings. The molecule has 96 valence electrons. The first kappa shape index (κ1) is 13.7. The van der Waals surface area contributed by atoms with Crippen molar-refractivity contribution in [2.75, 3.05) is 30.8 Å². The van der Waals surface area contributed by atoms with Gasteiger partial charge in [-0.05, 0) is 13.3 Å². The smallest absolute Gasteiger partial charge is 0.137 e. The van der Waals surface area contributed by atoms with Crippen LogP contribution in [0, 0.1) is 6.92 Å². The third-order valence-corrected chi connectivity index (χ3v) is 2.70. The lowest BCUT2D eigenvalue weighted by atomic mass is 10.2. The van der Waals surface area contributed by atoms with Gasteiger partial charge in [0, 0.05) is 31.7 Å². The predicted molar refractivity (Wildman–Crippen MR) is 70.2 cm³/mol. The molecule has 0 aliphatic carbocycles. The molecule has 0 saturated carbocycles. The normalized spacial score (nSPS) is 10.9. The van der Waals surface area contributed by atoms with Gasteiger partial charge in [-0.1, -0.05) is 13.8 Å². The van der Waals surface area contributed by atoms with E-state index in [0.717, 1.165) is 30.2 Å². The van der Waals surface area contributed by atoms with Crippen molar-refractivity contribution in [1.29, 1.82) is 0 Å². The number of aliphatic hydroxyl groups excluding tert-OH is 1. The number of hydrogen-bond acceptors (Lipinski definition) is 5. The average Bonchev–Trinajstić information content (AvgIpc) is 2.29. The third kappa shape index (κ3) is 3.30. The van der Waals surface area contributed by atoms with Gasteiger partial charge in [0.1, 0.15) is 17.5 Å². The fraction of sp³-hybridized carbons (Fsp3) is 0.667. The quantitative estimate of drug-likeness (QED) is 0.809. The van der Waals surface area contributed by atoms with E-state index < -0.39 is 0 Å². The first-order valence-electron chi connectivity index (χ1n) is 5.93. The standard InChI is InChI=1S/C12H22N4O/c1-8(2)11-14-10(13)9(3)12(15-11)16(4)6-5-7-17/h8,17H,5-7H2,1-4H3,(H2,13,14,15). The van der Waals surface area contributed by atoms with Gasteiger partial charge in [0.05, 0.1) is 0 Å². The van der Waals surface area contributed by atoms with Gasteiger partial charge in [-0.2, -0.15) is 0 Å². The summed E-state index contributed by atoms with van der Waals surface area (Å²) in [5.74, 6) is 2.41. The molecule has 3 N–H and O–H groups in total. The largest absolute Gasteiger partial charge is 0.396 e. The molecule has 0 radical (unpaired) electrons. The molecule has 1 aromatic heterocycles. The van der Waals surface area contributed by atoms with E-state index in [-0.39, 0.29) is 12.5 Å². The minimum atomic E-state index is 0.182. The number of aromatic nitrogens is 2. The van der Waals surface area contributed by atoms with Crippen molar-refractivity contribution in [2.45, 2.75) is 33.1 Å². The highest BCUT2D eigenvalue weighted by Gasteiger charge is 2.13. The van der Waals surface area contributed by atoms with Crippen LogP contribution < -0.4 is 10.6 Å². The lowest BCUT2D eigenvalue weighted by Crippen LogP contribution is -2.23. The van der Waals surface area contributed by atoms with Gasteiger partial charge in [0.15, 0.2) is 0 Å². The van der Waals surface area contributed by atoms with E-state index in [1.54, 1.807) is 0 Å². The minimum absolute atomic E-state index is 0.182. The molecule has 5 heteroatoms. The number of nitrogens with two attached hydrogens (primary N) is 1. The average molecular weight is 238 g/mol. The maximum Gasteiger partial charge on any atom is 0.137 e. The zero-order valence-electron chi connectivity index (χ0n) is 11.1. The monoisotopic (exact) mass is 238 g/mol. The van der Waals surface area contributed by atoms with Crippen molar-refractivity contribution in [1.82, 2.24) is 9.97 Å². The Morgan fingerprint density at radius 2 is 2.00 bits per heavy atom. The molecule has 1 heterocycles. The van der Waals surface area contributed by atoms with Crippen molar-refractivity contribution in [3.05, 3.63) is 11.4 Å². The summed E-state index contributed by atoms with van der Waals surface area (Å²) in [5.41, 5.74) is 6.80. The van der Waals surface area contributed by atoms with E-state index in [0.29, 0.717) is 5.82 Å². The number of hydrogen-bond donors (Lipinski definition) is 2. The fourth-order valence-corrected chi connectivity index (χ4v) is 1.58. The zero-order chi connectivity index (χ0) is 13.0. The Kier molecular flexibility index (Phi) is 4.69. The van der Waals surface area contributed by atoms with E-state index in [1.165, 1.54) is 0 Å². The molecule has 1 rings (SSSR count). The first-order chi connectivity index (χ1) is 7.97. The lowest BCUT2D eigenvalue weighted by molar-refractivity contribution is 0.290. The number of rotatable bonds is 5. The zero-order valence-corrected chi connectivity index (χ0v) is 11.1. The van der Waals surface area contributed by atoms with Gasteiger partial charge >= 0.3 is 0 Å². The van der Waals surface area contributed by atoms with Crippen LogP contribution in [0.25, 0.3) is 0 Å². The van der Waals surface area contributed by atoms with E-state index in [4.69, 9.17) is 10.8 Å². The van der Waals surface area contributed by atoms with Gasteiger partial charge in [-0.3, -0.25) is 0 Å². The van der Waals surface area contributed by atoms with Gasteiger partial charge in [-0.15, -0.1) is 0 Å². The molecular formula is C12H22N4O. The number of nitrogens with zero attached hydrogens (tertiary/aromatic N) is 3. The van der Waals surface area contributed by atoms with Gasteiger partial charge in [0.25, 0.3) is 0 Å². The maximum absolute atomic E-state index is 8.84. The number of anilines is 2. The maximum atomic E-state index is 8.84. The second kappa shape index (κ2) is 5.82. The molecular weight excluding hydrogens is 216 g/mol. The topological polar surface area (TPSA) is 75.3 Å². The summed E-state index contributed by atoms with van der Waals surface area (Å²) in [7, 11) is 1.95. The van der Waals surface area contributed by atoms with E-state index in [2.05, 4.69) is 9.97 Å². The highest BCUT2D eigenvalue weighted by atomic mass is 16.3. The van der Waals surface area contributed by atoms with Crippen LogP contribution in [0.5, 0.6) is 0 Å². The molecule has 0 amide bonds. The van der Waals surface area contributed by atoms with Gasteiger partial charge in [0.2, 0.25) is 0 Å². The Morgan fingerprint density at radius 3 is 2.53 bits per heavy atom. The second-order valence-corrected chi connectivity index (χ2v) is 4.57. The number of nitrogen functional groups attached to an aromatic ring is 1. The molecule has 17 heavy (non-hydrogen) atoms. The second-order valence-electron chi connectivity index (χ2n) is 4.57. The van der Waals surface area contributed by atoms with E-state index in [9.17, 15) is 0 Å². The summed E-state index contributed by atoms with van der Waals surface area (Å²) >= 11 is 0. The molecule has 0 atom stereocenters. The van der Waals surface area contributed by atoms with Crippen molar-refractivity contribution in [2.24, 2.45) is 0 Å². The molecule has 1 aromatic rings. The van der Waals surface area contributed by atoms with Crippen LogP contribution in [-0.2, 0) is 0 Å². The van der Waals surface area contributed by atoms with Crippen LogP contribution >= 0.6 is 0 Å². The van der Waals surface area contributed by atoms with E-state index >= 15 is 0 Å². The van der Waals surface area contributed by atoms with Crippen LogP contribution in [-0.4, -0.2) is 35.3 Å². The lowest BCUT2D eigenvalue weighted by Gasteiger charge is -2.21. The predicted octanol–water partition coefficient (Wildman–Crippen LogP) is 1.31. The van der Waals surface area contributed by atoms with Crippen molar-refractivity contribution in [3.8, 4) is 0 Å². The summed E-state index contributed by atoms with van der Waals surface area (Å²) in [6, 6.07) is 0. The fourth-order valence-electron chi connectivity index (χ4n) is 1.58. The molecule has 0 saturated heterocycles. The Balaban J connectivity index is 3.04. The van der Waals surface area contributed by atoms with Crippen LogP contribution in [0.2, 0.25) is 0 Å². The molecule has 0 unspecified atom stereocenters. The van der Waals surface area contributed by atoms with Gasteiger partial charge in [-0.25, -0.2) is 9.97 Å². The third-order valence-electron chi connectivity index (χ3n) is 2.70. The van der Waals surface area contributed by atoms with Crippen molar-refractivity contribution < 1.29 is 5.11 Å². The summed E-state index contributed by atoms with van der Waals surface area (Å²) in [6.07, 6.45) is 0.719. The molecule has 0 aliphatic heterocycles. The Labute approximate surface area is 103 Å². The van der Waals surface area contributed by atoms with Crippen LogP contribution in [0.15, 0.2) is 0 Å². The summed E-state index contributed by atoms with van der Waals surface area (Å²) in [6.45, 7) is 6.94. The highest BCUT2D eigenvalue weighted by molar-refractivity contribution is 5.56. The Bertz CT molecular complexity index is 379. The molecule has 0 bridgehead atoms. The Hall–Kier alpha value is -1.36. The first-order valence-corrected chi connectivity index (χ1v) is 5.93.